The van der Waals surface area contributed by atoms with E-state index in [0.717, 1.165) is 12.7 Å². The number of benzene rings is 1. The number of likely N-dealkylation sites (tertiary alicyclic amines) is 1. The Labute approximate surface area is 203 Å². The first-order valence-corrected chi connectivity index (χ1v) is 12.0. The fraction of sp³-hybridized carbons (Fsp3) is 0.692. The van der Waals surface area contributed by atoms with Crippen molar-refractivity contribution in [3.8, 4) is 17.2 Å². The summed E-state index contributed by atoms with van der Waals surface area (Å²) in [7, 11) is 3.26. The predicted octanol–water partition coefficient (Wildman–Crippen LogP) is 4.59. The van der Waals surface area contributed by atoms with Crippen LogP contribution in [0.2, 0.25) is 0 Å². The highest BCUT2D eigenvalue weighted by molar-refractivity contribution is 5.70. The lowest BCUT2D eigenvalue weighted by Crippen LogP contribution is -2.36. The first-order valence-electron chi connectivity index (χ1n) is 12.0. The minimum absolute atomic E-state index is 0.000399. The number of hydrogen-bond acceptors (Lipinski definition) is 7. The molecule has 8 nitrogen and oxygen atoms in total. The van der Waals surface area contributed by atoms with E-state index < -0.39 is 5.60 Å². The zero-order chi connectivity index (χ0) is 25.3. The highest BCUT2D eigenvalue weighted by atomic mass is 16.6. The van der Waals surface area contributed by atoms with Crippen molar-refractivity contribution in [3.63, 3.8) is 0 Å². The Kier molecular flexibility index (Phi) is 10.5. The second-order valence-electron chi connectivity index (χ2n) is 10.1. The van der Waals surface area contributed by atoms with Crippen LogP contribution in [-0.2, 0) is 14.3 Å². The SMILES string of the molecule is COCCCOc1cc(O[C@@H](C[C@@H]2CN(C(=O)OC(C)(C)C)C[C@H]2C=O)C(C)C)ccc1OC. The quantitative estimate of drug-likeness (QED) is 0.320. The number of methoxy groups -OCH3 is 2. The standard InChI is InChI=1S/C26H41NO7/c1-18(2)23(13-19-15-27(16-20(19)17-28)25(29)34-26(3,4)5)33-21-9-10-22(31-7)24(14-21)32-12-8-11-30-6/h9-10,14,17-20,23H,8,11-13,15-16H2,1-7H3/t19-,20+,23+/m1/s1. The van der Waals surface area contributed by atoms with Gasteiger partial charge in [0.1, 0.15) is 23.7 Å². The van der Waals surface area contributed by atoms with Gasteiger partial charge in [-0.1, -0.05) is 13.8 Å². The van der Waals surface area contributed by atoms with Gasteiger partial charge in [0.2, 0.25) is 0 Å². The molecule has 0 aromatic heterocycles. The van der Waals surface area contributed by atoms with Crippen LogP contribution in [-0.4, -0.2) is 69.5 Å². The third-order valence-electron chi connectivity index (χ3n) is 5.77. The van der Waals surface area contributed by atoms with Gasteiger partial charge < -0.3 is 33.4 Å². The van der Waals surface area contributed by atoms with Gasteiger partial charge in [0.25, 0.3) is 0 Å². The molecular formula is C26H41NO7. The van der Waals surface area contributed by atoms with E-state index in [2.05, 4.69) is 13.8 Å². The molecule has 0 aliphatic carbocycles. The Morgan fingerprint density at radius 3 is 2.47 bits per heavy atom. The van der Waals surface area contributed by atoms with Gasteiger partial charge in [-0.05, 0) is 51.2 Å². The largest absolute Gasteiger partial charge is 0.493 e. The van der Waals surface area contributed by atoms with Crippen LogP contribution in [0.4, 0.5) is 4.79 Å². The second kappa shape index (κ2) is 12.8. The lowest BCUT2D eigenvalue weighted by Gasteiger charge is -2.27. The lowest BCUT2D eigenvalue weighted by atomic mass is 9.88. The molecule has 1 aliphatic rings. The minimum atomic E-state index is -0.576. The molecule has 0 saturated carbocycles. The molecule has 34 heavy (non-hydrogen) atoms. The van der Waals surface area contributed by atoms with Crippen LogP contribution in [0.3, 0.4) is 0 Å². The first kappa shape index (κ1) is 27.8. The van der Waals surface area contributed by atoms with Gasteiger partial charge in [0, 0.05) is 45.2 Å². The van der Waals surface area contributed by atoms with Gasteiger partial charge in [-0.25, -0.2) is 4.79 Å². The third kappa shape index (κ3) is 8.38. The van der Waals surface area contributed by atoms with Crippen molar-refractivity contribution in [2.75, 3.05) is 40.5 Å². The number of aldehydes is 1. The number of ether oxygens (including phenoxy) is 5. The van der Waals surface area contributed by atoms with Gasteiger partial charge in [0.15, 0.2) is 11.5 Å². The van der Waals surface area contributed by atoms with E-state index in [4.69, 9.17) is 23.7 Å². The Morgan fingerprint density at radius 2 is 1.88 bits per heavy atom. The van der Waals surface area contributed by atoms with Crippen LogP contribution in [0.5, 0.6) is 17.2 Å². The maximum absolute atomic E-state index is 12.5. The van der Waals surface area contributed by atoms with Gasteiger partial charge >= 0.3 is 6.09 Å². The molecule has 1 saturated heterocycles. The van der Waals surface area contributed by atoms with Gasteiger partial charge in [-0.3, -0.25) is 0 Å². The Morgan fingerprint density at radius 1 is 1.15 bits per heavy atom. The summed E-state index contributed by atoms with van der Waals surface area (Å²) in [5.41, 5.74) is -0.576. The zero-order valence-electron chi connectivity index (χ0n) is 21.7. The van der Waals surface area contributed by atoms with E-state index in [0.29, 0.717) is 50.0 Å². The van der Waals surface area contributed by atoms with Gasteiger partial charge in [0.05, 0.1) is 13.7 Å². The van der Waals surface area contributed by atoms with Crippen molar-refractivity contribution in [1.82, 2.24) is 4.90 Å². The summed E-state index contributed by atoms with van der Waals surface area (Å²) in [6, 6.07) is 5.52. The van der Waals surface area contributed by atoms with E-state index >= 15 is 0 Å². The van der Waals surface area contributed by atoms with Crippen LogP contribution in [0.1, 0.15) is 47.5 Å². The van der Waals surface area contributed by atoms with E-state index in [-0.39, 0.29) is 30.0 Å². The molecule has 1 amide bonds. The molecule has 192 valence electrons. The van der Waals surface area contributed by atoms with Crippen molar-refractivity contribution in [3.05, 3.63) is 18.2 Å². The Balaban J connectivity index is 2.08. The molecule has 0 radical (unpaired) electrons. The molecule has 1 aromatic rings. The van der Waals surface area contributed by atoms with Crippen molar-refractivity contribution in [2.45, 2.75) is 59.2 Å². The minimum Gasteiger partial charge on any atom is -0.493 e. The number of rotatable bonds is 12. The second-order valence-corrected chi connectivity index (χ2v) is 10.1. The summed E-state index contributed by atoms with van der Waals surface area (Å²) >= 11 is 0. The van der Waals surface area contributed by atoms with Crippen LogP contribution in [0, 0.1) is 17.8 Å². The molecule has 8 heteroatoms. The van der Waals surface area contributed by atoms with E-state index in [1.807, 2.05) is 39.0 Å². The number of amides is 1. The van der Waals surface area contributed by atoms with Crippen LogP contribution >= 0.6 is 0 Å². The molecule has 3 atom stereocenters. The molecule has 1 aliphatic heterocycles. The average molecular weight is 480 g/mol. The number of hydrogen-bond donors (Lipinski definition) is 0. The monoisotopic (exact) mass is 479 g/mol. The molecule has 0 spiro atoms. The molecule has 1 aromatic carbocycles. The van der Waals surface area contributed by atoms with Crippen molar-refractivity contribution in [1.29, 1.82) is 0 Å². The van der Waals surface area contributed by atoms with Gasteiger partial charge in [-0.2, -0.15) is 0 Å². The summed E-state index contributed by atoms with van der Waals surface area (Å²) in [6.07, 6.45) is 1.85. The molecule has 0 bridgehead atoms. The Hall–Kier alpha value is -2.48. The van der Waals surface area contributed by atoms with E-state index in [1.165, 1.54) is 0 Å². The van der Waals surface area contributed by atoms with Gasteiger partial charge in [-0.15, -0.1) is 0 Å². The highest BCUT2D eigenvalue weighted by Crippen LogP contribution is 2.35. The van der Waals surface area contributed by atoms with Crippen molar-refractivity contribution in [2.24, 2.45) is 17.8 Å². The maximum Gasteiger partial charge on any atom is 0.410 e. The zero-order valence-corrected chi connectivity index (χ0v) is 21.7. The predicted molar refractivity (Wildman–Crippen MR) is 130 cm³/mol. The first-order chi connectivity index (χ1) is 16.1. The smallest absolute Gasteiger partial charge is 0.410 e. The summed E-state index contributed by atoms with van der Waals surface area (Å²) in [5, 5.41) is 0. The summed E-state index contributed by atoms with van der Waals surface area (Å²) in [6.45, 7) is 11.7. The maximum atomic E-state index is 12.5. The number of carbonyl (C=O) groups is 2. The van der Waals surface area contributed by atoms with E-state index in [1.54, 1.807) is 19.1 Å². The summed E-state index contributed by atoms with van der Waals surface area (Å²) < 4.78 is 28.2. The normalized spacial score (nSPS) is 19.1. The lowest BCUT2D eigenvalue weighted by molar-refractivity contribution is -0.111. The van der Waals surface area contributed by atoms with Crippen LogP contribution in [0.25, 0.3) is 0 Å². The number of carbonyl (C=O) groups excluding carboxylic acids is 2. The topological polar surface area (TPSA) is 83.5 Å². The molecule has 0 unspecified atom stereocenters. The molecule has 2 rings (SSSR count). The van der Waals surface area contributed by atoms with Crippen LogP contribution < -0.4 is 14.2 Å². The van der Waals surface area contributed by atoms with E-state index in [9.17, 15) is 9.59 Å². The average Bonchev–Trinajstić information content (AvgIpc) is 3.18. The third-order valence-corrected chi connectivity index (χ3v) is 5.77. The van der Waals surface area contributed by atoms with Crippen molar-refractivity contribution >= 4 is 12.4 Å². The Bertz CT molecular complexity index is 790. The summed E-state index contributed by atoms with van der Waals surface area (Å²) in [4.78, 5) is 25.9. The fourth-order valence-corrected chi connectivity index (χ4v) is 3.93. The fourth-order valence-electron chi connectivity index (χ4n) is 3.93. The molecular weight excluding hydrogens is 438 g/mol. The highest BCUT2D eigenvalue weighted by Gasteiger charge is 2.39. The van der Waals surface area contributed by atoms with Crippen molar-refractivity contribution < 1.29 is 33.3 Å². The summed E-state index contributed by atoms with van der Waals surface area (Å²) in [5.74, 6) is 1.88. The number of nitrogens with zero attached hydrogens (tertiary/aromatic N) is 1. The van der Waals surface area contributed by atoms with Crippen LogP contribution in [0.15, 0.2) is 18.2 Å². The molecule has 1 fully saturated rings. The molecule has 1 heterocycles. The molecule has 0 N–H and O–H groups in total.